The third-order valence-electron chi connectivity index (χ3n) is 2.85. The van der Waals surface area contributed by atoms with E-state index in [0.717, 1.165) is 5.56 Å². The Morgan fingerprint density at radius 3 is 2.39 bits per heavy atom. The van der Waals surface area contributed by atoms with Crippen LogP contribution in [0.5, 0.6) is 0 Å². The number of hydrogen-bond acceptors (Lipinski definition) is 2. The molecule has 4 nitrogen and oxygen atoms in total. The van der Waals surface area contributed by atoms with Crippen LogP contribution in [0, 0.1) is 5.92 Å². The first kappa shape index (κ1) is 14.2. The normalized spacial score (nSPS) is 11.9. The molecule has 0 radical (unpaired) electrons. The van der Waals surface area contributed by atoms with E-state index in [-0.39, 0.29) is 12.3 Å². The minimum absolute atomic E-state index is 0.0516. The van der Waals surface area contributed by atoms with Crippen LogP contribution in [0.25, 0.3) is 0 Å². The molecule has 0 aromatic heterocycles. The van der Waals surface area contributed by atoms with Crippen LogP contribution in [-0.2, 0) is 16.1 Å². The number of nitrogens with zero attached hydrogens (tertiary/aromatic N) is 1. The van der Waals surface area contributed by atoms with Gasteiger partial charge in [-0.15, -0.1) is 0 Å². The van der Waals surface area contributed by atoms with E-state index in [1.165, 1.54) is 0 Å². The summed E-state index contributed by atoms with van der Waals surface area (Å²) in [5, 5.41) is 8.80. The molecule has 0 aliphatic heterocycles. The van der Waals surface area contributed by atoms with Crippen molar-refractivity contribution in [3.63, 3.8) is 0 Å². The number of benzene rings is 1. The van der Waals surface area contributed by atoms with E-state index >= 15 is 0 Å². The van der Waals surface area contributed by atoms with Gasteiger partial charge in [-0.25, -0.2) is 0 Å². The Balaban J connectivity index is 2.61. The fraction of sp³-hybridized carbons (Fsp3) is 0.429. The number of carboxylic acid groups (broad SMARTS) is 1. The van der Waals surface area contributed by atoms with Crippen LogP contribution in [0.1, 0.15) is 25.8 Å². The van der Waals surface area contributed by atoms with Crippen LogP contribution in [0.15, 0.2) is 30.3 Å². The van der Waals surface area contributed by atoms with Crippen molar-refractivity contribution in [1.29, 1.82) is 0 Å². The van der Waals surface area contributed by atoms with Crippen LogP contribution < -0.4 is 0 Å². The smallest absolute Gasteiger partial charge is 0.306 e. The van der Waals surface area contributed by atoms with Crippen molar-refractivity contribution in [2.45, 2.75) is 26.8 Å². The minimum Gasteiger partial charge on any atom is -0.481 e. The van der Waals surface area contributed by atoms with Gasteiger partial charge in [0.25, 0.3) is 0 Å². The second-order valence-corrected chi connectivity index (χ2v) is 4.34. The van der Waals surface area contributed by atoms with Gasteiger partial charge in [-0.1, -0.05) is 37.3 Å². The summed E-state index contributed by atoms with van der Waals surface area (Å²) in [5.41, 5.74) is 1.05. The van der Waals surface area contributed by atoms with Gasteiger partial charge >= 0.3 is 5.97 Å². The number of aliphatic carboxylic acids is 1. The zero-order valence-corrected chi connectivity index (χ0v) is 10.8. The molecule has 1 N–H and O–H groups in total. The average molecular weight is 249 g/mol. The maximum atomic E-state index is 12.0. The van der Waals surface area contributed by atoms with Crippen LogP contribution in [-0.4, -0.2) is 28.4 Å². The molecule has 0 fully saturated rings. The molecule has 1 aromatic rings. The van der Waals surface area contributed by atoms with E-state index in [1.54, 1.807) is 11.8 Å². The van der Waals surface area contributed by atoms with Gasteiger partial charge < -0.3 is 10.0 Å². The summed E-state index contributed by atoms with van der Waals surface area (Å²) in [6, 6.07) is 9.68. The van der Waals surface area contributed by atoms with E-state index in [2.05, 4.69) is 0 Å². The predicted molar refractivity (Wildman–Crippen MR) is 68.9 cm³/mol. The number of carbonyl (C=O) groups is 2. The van der Waals surface area contributed by atoms with Crippen molar-refractivity contribution in [3.05, 3.63) is 35.9 Å². The molecule has 1 unspecified atom stereocenters. The topological polar surface area (TPSA) is 57.6 Å². The summed E-state index contributed by atoms with van der Waals surface area (Å²) in [6.07, 6.45) is 0.0516. The van der Waals surface area contributed by atoms with Crippen molar-refractivity contribution in [2.24, 2.45) is 5.92 Å². The van der Waals surface area contributed by atoms with Crippen molar-refractivity contribution in [2.75, 3.05) is 6.54 Å². The molecule has 0 aliphatic rings. The Morgan fingerprint density at radius 2 is 1.89 bits per heavy atom. The van der Waals surface area contributed by atoms with Gasteiger partial charge in [0.05, 0.1) is 5.92 Å². The Morgan fingerprint density at radius 1 is 1.28 bits per heavy atom. The molecule has 1 rings (SSSR count). The van der Waals surface area contributed by atoms with Crippen molar-refractivity contribution < 1.29 is 14.7 Å². The van der Waals surface area contributed by atoms with E-state index in [0.29, 0.717) is 13.1 Å². The highest BCUT2D eigenvalue weighted by molar-refractivity contribution is 5.82. The van der Waals surface area contributed by atoms with Crippen LogP contribution in [0.2, 0.25) is 0 Å². The lowest BCUT2D eigenvalue weighted by Gasteiger charge is -2.22. The maximum Gasteiger partial charge on any atom is 0.306 e. The van der Waals surface area contributed by atoms with Gasteiger partial charge in [-0.2, -0.15) is 0 Å². The van der Waals surface area contributed by atoms with Crippen molar-refractivity contribution in [3.8, 4) is 0 Å². The molecule has 1 atom stereocenters. The van der Waals surface area contributed by atoms with E-state index < -0.39 is 11.9 Å². The molecule has 0 heterocycles. The van der Waals surface area contributed by atoms with Gasteiger partial charge in [-0.05, 0) is 12.5 Å². The Bertz CT molecular complexity index is 403. The Labute approximate surface area is 107 Å². The second kappa shape index (κ2) is 6.79. The first-order chi connectivity index (χ1) is 8.54. The number of rotatable bonds is 6. The fourth-order valence-corrected chi connectivity index (χ4v) is 1.66. The van der Waals surface area contributed by atoms with E-state index in [9.17, 15) is 9.59 Å². The number of carboxylic acids is 1. The molecule has 4 heteroatoms. The van der Waals surface area contributed by atoms with Gasteiger partial charge in [-0.3, -0.25) is 9.59 Å². The molecule has 0 aliphatic carbocycles. The zero-order chi connectivity index (χ0) is 13.5. The van der Waals surface area contributed by atoms with Gasteiger partial charge in [0.2, 0.25) is 5.91 Å². The first-order valence-corrected chi connectivity index (χ1v) is 6.09. The molecule has 1 aromatic carbocycles. The molecule has 18 heavy (non-hydrogen) atoms. The second-order valence-electron chi connectivity index (χ2n) is 4.34. The lowest BCUT2D eigenvalue weighted by molar-refractivity contribution is -0.145. The molecule has 1 amide bonds. The molecular weight excluding hydrogens is 230 g/mol. The molecule has 0 bridgehead atoms. The molecule has 0 saturated carbocycles. The van der Waals surface area contributed by atoms with Crippen LogP contribution in [0.3, 0.4) is 0 Å². The SMILES string of the molecule is CCN(Cc1ccccc1)C(=O)CC(C)C(=O)O. The van der Waals surface area contributed by atoms with E-state index in [1.807, 2.05) is 37.3 Å². The van der Waals surface area contributed by atoms with Gasteiger partial charge in [0.1, 0.15) is 0 Å². The largest absolute Gasteiger partial charge is 0.481 e. The lowest BCUT2D eigenvalue weighted by Crippen LogP contribution is -2.32. The summed E-state index contributed by atoms with van der Waals surface area (Å²) >= 11 is 0. The number of carbonyl (C=O) groups excluding carboxylic acids is 1. The third kappa shape index (κ3) is 4.20. The van der Waals surface area contributed by atoms with Gasteiger partial charge in [0.15, 0.2) is 0 Å². The van der Waals surface area contributed by atoms with Crippen LogP contribution >= 0.6 is 0 Å². The molecular formula is C14H19NO3. The highest BCUT2D eigenvalue weighted by Gasteiger charge is 2.19. The summed E-state index contributed by atoms with van der Waals surface area (Å²) < 4.78 is 0. The summed E-state index contributed by atoms with van der Waals surface area (Å²) in [4.78, 5) is 24.4. The number of amides is 1. The van der Waals surface area contributed by atoms with Crippen molar-refractivity contribution >= 4 is 11.9 Å². The minimum atomic E-state index is -0.931. The average Bonchev–Trinajstić information content (AvgIpc) is 2.36. The number of hydrogen-bond donors (Lipinski definition) is 1. The van der Waals surface area contributed by atoms with E-state index in [4.69, 9.17) is 5.11 Å². The highest BCUT2D eigenvalue weighted by atomic mass is 16.4. The first-order valence-electron chi connectivity index (χ1n) is 6.09. The molecule has 0 saturated heterocycles. The third-order valence-corrected chi connectivity index (χ3v) is 2.85. The maximum absolute atomic E-state index is 12.0. The fourth-order valence-electron chi connectivity index (χ4n) is 1.66. The summed E-state index contributed by atoms with van der Waals surface area (Å²) in [6.45, 7) is 4.56. The summed E-state index contributed by atoms with van der Waals surface area (Å²) in [7, 11) is 0. The predicted octanol–water partition coefficient (Wildman–Crippen LogP) is 2.15. The van der Waals surface area contributed by atoms with Gasteiger partial charge in [0, 0.05) is 19.5 Å². The van der Waals surface area contributed by atoms with Crippen molar-refractivity contribution in [1.82, 2.24) is 4.90 Å². The Hall–Kier alpha value is -1.84. The quantitative estimate of drug-likeness (QED) is 0.840. The molecule has 0 spiro atoms. The Kier molecular flexibility index (Phi) is 5.36. The molecule has 98 valence electrons. The van der Waals surface area contributed by atoms with Crippen LogP contribution in [0.4, 0.5) is 0 Å². The monoisotopic (exact) mass is 249 g/mol. The lowest BCUT2D eigenvalue weighted by atomic mass is 10.1. The standard InChI is InChI=1S/C14H19NO3/c1-3-15(10-12-7-5-4-6-8-12)13(16)9-11(2)14(17)18/h4-8,11H,3,9-10H2,1-2H3,(H,17,18). The zero-order valence-electron chi connectivity index (χ0n) is 10.8. The summed E-state index contributed by atoms with van der Waals surface area (Å²) in [5.74, 6) is -1.68. The highest BCUT2D eigenvalue weighted by Crippen LogP contribution is 2.10.